The fourth-order valence-corrected chi connectivity index (χ4v) is 6.48. The van der Waals surface area contributed by atoms with Gasteiger partial charge < -0.3 is 10.2 Å². The largest absolute Gasteiger partial charge is 0.375 e. The molecule has 8 nitrogen and oxygen atoms in total. The molecule has 2 N–H and O–H groups in total. The molecule has 1 aliphatic heterocycles. The first-order valence-electron chi connectivity index (χ1n) is 10.0. The minimum absolute atomic E-state index is 0.0121. The van der Waals surface area contributed by atoms with Crippen LogP contribution in [0.4, 0.5) is 11.4 Å². The van der Waals surface area contributed by atoms with E-state index in [0.29, 0.717) is 11.3 Å². The van der Waals surface area contributed by atoms with Crippen LogP contribution >= 0.6 is 0 Å². The average molecular weight is 466 g/mol. The van der Waals surface area contributed by atoms with E-state index in [1.165, 1.54) is 24.3 Å². The number of benzene rings is 2. The molecule has 10 heteroatoms. The SMILES string of the molecule is CCCN(C)c1ccc(C(=O)Nc2ccc(S(=O)(=O)NC3CCS(=O)(=O)C3)cc2)cc1. The van der Waals surface area contributed by atoms with Crippen LogP contribution in [0.3, 0.4) is 0 Å². The van der Waals surface area contributed by atoms with Crippen molar-refractivity contribution in [3.8, 4) is 0 Å². The Morgan fingerprint density at radius 2 is 1.74 bits per heavy atom. The van der Waals surface area contributed by atoms with E-state index in [0.717, 1.165) is 18.7 Å². The normalized spacial score (nSPS) is 17.9. The van der Waals surface area contributed by atoms with Gasteiger partial charge >= 0.3 is 0 Å². The topological polar surface area (TPSA) is 113 Å². The van der Waals surface area contributed by atoms with E-state index in [-0.39, 0.29) is 28.7 Å². The van der Waals surface area contributed by atoms with Crippen molar-refractivity contribution in [3.05, 3.63) is 54.1 Å². The number of hydrogen-bond donors (Lipinski definition) is 2. The molecule has 1 aliphatic rings. The lowest BCUT2D eigenvalue weighted by Gasteiger charge is -2.18. The van der Waals surface area contributed by atoms with Crippen molar-refractivity contribution in [2.24, 2.45) is 0 Å². The van der Waals surface area contributed by atoms with E-state index in [4.69, 9.17) is 0 Å². The zero-order valence-corrected chi connectivity index (χ0v) is 19.2. The predicted molar refractivity (Wildman–Crippen MR) is 122 cm³/mol. The zero-order chi connectivity index (χ0) is 22.6. The van der Waals surface area contributed by atoms with Crippen molar-refractivity contribution in [3.63, 3.8) is 0 Å². The molecule has 3 rings (SSSR count). The standard InChI is InChI=1S/C21H27N3O5S2/c1-3-13-24(2)19-8-4-16(5-9-19)21(25)22-17-6-10-20(11-7-17)31(28,29)23-18-12-14-30(26,27)15-18/h4-11,18,23H,3,12-15H2,1-2H3,(H,22,25). The van der Waals surface area contributed by atoms with Crippen molar-refractivity contribution >= 4 is 37.1 Å². The molecular formula is C21H27N3O5S2. The summed E-state index contributed by atoms with van der Waals surface area (Å²) in [4.78, 5) is 14.6. The molecule has 31 heavy (non-hydrogen) atoms. The van der Waals surface area contributed by atoms with Crippen molar-refractivity contribution in [1.29, 1.82) is 0 Å². The Balaban J connectivity index is 1.63. The van der Waals surface area contributed by atoms with Crippen LogP contribution in [0.25, 0.3) is 0 Å². The second-order valence-corrected chi connectivity index (χ2v) is 11.6. The van der Waals surface area contributed by atoms with Gasteiger partial charge in [-0.1, -0.05) is 6.92 Å². The summed E-state index contributed by atoms with van der Waals surface area (Å²) in [5, 5.41) is 2.75. The van der Waals surface area contributed by atoms with Gasteiger partial charge in [0, 0.05) is 36.6 Å². The number of amides is 1. The van der Waals surface area contributed by atoms with Crippen LogP contribution in [0.1, 0.15) is 30.1 Å². The molecule has 0 saturated carbocycles. The molecule has 0 spiro atoms. The third-order valence-corrected chi connectivity index (χ3v) is 8.41. The Labute approximate surface area is 183 Å². The Morgan fingerprint density at radius 1 is 1.10 bits per heavy atom. The van der Waals surface area contributed by atoms with Crippen LogP contribution in [0.2, 0.25) is 0 Å². The summed E-state index contributed by atoms with van der Waals surface area (Å²) >= 11 is 0. The first kappa shape index (κ1) is 23.2. The summed E-state index contributed by atoms with van der Waals surface area (Å²) < 4.78 is 50.5. The maximum atomic E-state index is 12.5. The third kappa shape index (κ3) is 6.05. The molecular weight excluding hydrogens is 438 g/mol. The molecule has 1 fully saturated rings. The van der Waals surface area contributed by atoms with Gasteiger partial charge in [0.25, 0.3) is 5.91 Å². The lowest BCUT2D eigenvalue weighted by Crippen LogP contribution is -2.35. The fraction of sp³-hybridized carbons (Fsp3) is 0.381. The lowest BCUT2D eigenvalue weighted by molar-refractivity contribution is 0.102. The van der Waals surface area contributed by atoms with Gasteiger partial charge in [-0.3, -0.25) is 4.79 Å². The van der Waals surface area contributed by atoms with Crippen LogP contribution in [0, 0.1) is 0 Å². The second-order valence-electron chi connectivity index (χ2n) is 7.67. The monoisotopic (exact) mass is 465 g/mol. The summed E-state index contributed by atoms with van der Waals surface area (Å²) in [7, 11) is -5.03. The van der Waals surface area contributed by atoms with Crippen LogP contribution < -0.4 is 14.9 Å². The number of nitrogens with zero attached hydrogens (tertiary/aromatic N) is 1. The van der Waals surface area contributed by atoms with Gasteiger partial charge in [-0.2, -0.15) is 0 Å². The molecule has 1 unspecified atom stereocenters. The smallest absolute Gasteiger partial charge is 0.255 e. The molecule has 2 aromatic carbocycles. The maximum absolute atomic E-state index is 12.5. The number of rotatable bonds is 8. The number of hydrogen-bond acceptors (Lipinski definition) is 6. The van der Waals surface area contributed by atoms with Crippen molar-refractivity contribution in [2.75, 3.05) is 35.3 Å². The van der Waals surface area contributed by atoms with Crippen LogP contribution in [-0.4, -0.2) is 53.9 Å². The molecule has 168 valence electrons. The molecule has 2 aromatic rings. The molecule has 0 bridgehead atoms. The molecule has 1 atom stereocenters. The van der Waals surface area contributed by atoms with Crippen molar-refractivity contribution in [1.82, 2.24) is 4.72 Å². The lowest BCUT2D eigenvalue weighted by atomic mass is 10.1. The van der Waals surface area contributed by atoms with E-state index < -0.39 is 25.9 Å². The van der Waals surface area contributed by atoms with Gasteiger partial charge in [0.2, 0.25) is 10.0 Å². The molecule has 0 aromatic heterocycles. The van der Waals surface area contributed by atoms with Crippen LogP contribution in [0.15, 0.2) is 53.4 Å². The Morgan fingerprint density at radius 3 is 2.29 bits per heavy atom. The quantitative estimate of drug-likeness (QED) is 0.618. The Hall–Kier alpha value is -2.43. The highest BCUT2D eigenvalue weighted by atomic mass is 32.2. The average Bonchev–Trinajstić information content (AvgIpc) is 3.06. The van der Waals surface area contributed by atoms with Crippen LogP contribution in [0.5, 0.6) is 0 Å². The van der Waals surface area contributed by atoms with E-state index in [1.54, 1.807) is 12.1 Å². The highest BCUT2D eigenvalue weighted by molar-refractivity contribution is 7.92. The highest BCUT2D eigenvalue weighted by Crippen LogP contribution is 2.19. The maximum Gasteiger partial charge on any atom is 0.255 e. The number of anilines is 2. The third-order valence-electron chi connectivity index (χ3n) is 5.11. The fourth-order valence-electron chi connectivity index (χ4n) is 3.43. The van der Waals surface area contributed by atoms with E-state index in [1.807, 2.05) is 19.2 Å². The molecule has 0 radical (unpaired) electrons. The molecule has 1 heterocycles. The number of carbonyl (C=O) groups excluding carboxylic acids is 1. The van der Waals surface area contributed by atoms with Gasteiger partial charge in [0.15, 0.2) is 9.84 Å². The molecule has 1 amide bonds. The highest BCUT2D eigenvalue weighted by Gasteiger charge is 2.31. The summed E-state index contributed by atoms with van der Waals surface area (Å²) in [5.41, 5.74) is 1.98. The summed E-state index contributed by atoms with van der Waals surface area (Å²) in [6.45, 7) is 3.02. The first-order valence-corrected chi connectivity index (χ1v) is 13.4. The molecule has 1 saturated heterocycles. The number of carbonyl (C=O) groups is 1. The van der Waals surface area contributed by atoms with Gasteiger partial charge in [-0.15, -0.1) is 0 Å². The van der Waals surface area contributed by atoms with Gasteiger partial charge in [-0.25, -0.2) is 21.6 Å². The first-order chi connectivity index (χ1) is 14.6. The van der Waals surface area contributed by atoms with Gasteiger partial charge in [-0.05, 0) is 61.4 Å². The zero-order valence-electron chi connectivity index (χ0n) is 17.5. The second kappa shape index (κ2) is 9.37. The Kier molecular flexibility index (Phi) is 7.03. The van der Waals surface area contributed by atoms with Crippen molar-refractivity contribution in [2.45, 2.75) is 30.7 Å². The minimum Gasteiger partial charge on any atom is -0.375 e. The minimum atomic E-state index is -3.84. The van der Waals surface area contributed by atoms with Crippen molar-refractivity contribution < 1.29 is 21.6 Å². The summed E-state index contributed by atoms with van der Waals surface area (Å²) in [6.07, 6.45) is 1.29. The van der Waals surface area contributed by atoms with E-state index >= 15 is 0 Å². The van der Waals surface area contributed by atoms with E-state index in [2.05, 4.69) is 21.9 Å². The van der Waals surface area contributed by atoms with E-state index in [9.17, 15) is 21.6 Å². The van der Waals surface area contributed by atoms with Gasteiger partial charge in [0.05, 0.1) is 16.4 Å². The summed E-state index contributed by atoms with van der Waals surface area (Å²) in [6, 6.07) is 12.4. The number of nitrogens with one attached hydrogen (secondary N) is 2. The number of sulfonamides is 1. The predicted octanol–water partition coefficient (Wildman–Crippen LogP) is 2.25. The van der Waals surface area contributed by atoms with Crippen LogP contribution in [-0.2, 0) is 19.9 Å². The summed E-state index contributed by atoms with van der Waals surface area (Å²) in [5.74, 6) is -0.497. The molecule has 0 aliphatic carbocycles. The Bertz CT molecular complexity index is 1130. The van der Waals surface area contributed by atoms with Gasteiger partial charge in [0.1, 0.15) is 0 Å². The number of sulfone groups is 1.